The molecule has 2 rings (SSSR count). The van der Waals surface area contributed by atoms with E-state index < -0.39 is 0 Å². The lowest BCUT2D eigenvalue weighted by Crippen LogP contribution is -2.36. The van der Waals surface area contributed by atoms with Crippen molar-refractivity contribution in [3.05, 3.63) is 24.3 Å². The molecule has 1 aromatic heterocycles. The van der Waals surface area contributed by atoms with Gasteiger partial charge in [0.2, 0.25) is 0 Å². The first-order valence-electron chi connectivity index (χ1n) is 5.83. The first-order chi connectivity index (χ1) is 7.79. The summed E-state index contributed by atoms with van der Waals surface area (Å²) < 4.78 is 5.38. The van der Waals surface area contributed by atoms with Crippen LogP contribution in [-0.4, -0.2) is 29.7 Å². The molecule has 16 heavy (non-hydrogen) atoms. The molecule has 0 spiro atoms. The first kappa shape index (κ1) is 11.5. The van der Waals surface area contributed by atoms with Crippen molar-refractivity contribution >= 4 is 0 Å². The van der Waals surface area contributed by atoms with Gasteiger partial charge in [-0.3, -0.25) is 0 Å². The molecule has 1 aliphatic rings. The SMILES string of the molecule is CC1(CNCc2ncccn2)CCOCC1. The van der Waals surface area contributed by atoms with Crippen LogP contribution in [0.5, 0.6) is 0 Å². The van der Waals surface area contributed by atoms with Gasteiger partial charge in [-0.05, 0) is 24.3 Å². The van der Waals surface area contributed by atoms with E-state index in [2.05, 4.69) is 22.2 Å². The van der Waals surface area contributed by atoms with Crippen LogP contribution in [0, 0.1) is 5.41 Å². The van der Waals surface area contributed by atoms with Gasteiger partial charge in [-0.1, -0.05) is 6.92 Å². The van der Waals surface area contributed by atoms with Crippen molar-refractivity contribution < 1.29 is 4.74 Å². The van der Waals surface area contributed by atoms with Crippen LogP contribution < -0.4 is 5.32 Å². The topological polar surface area (TPSA) is 47.0 Å². The molecule has 0 saturated carbocycles. The Labute approximate surface area is 96.4 Å². The summed E-state index contributed by atoms with van der Waals surface area (Å²) in [5.74, 6) is 0.859. The quantitative estimate of drug-likeness (QED) is 0.834. The lowest BCUT2D eigenvalue weighted by atomic mass is 9.82. The Morgan fingerprint density at radius 3 is 2.69 bits per heavy atom. The minimum Gasteiger partial charge on any atom is -0.381 e. The minimum absolute atomic E-state index is 0.368. The van der Waals surface area contributed by atoms with Crippen LogP contribution in [0.4, 0.5) is 0 Å². The maximum atomic E-state index is 5.38. The van der Waals surface area contributed by atoms with Crippen molar-refractivity contribution in [2.45, 2.75) is 26.3 Å². The predicted octanol–water partition coefficient (Wildman–Crippen LogP) is 1.38. The maximum Gasteiger partial charge on any atom is 0.141 e. The van der Waals surface area contributed by atoms with Crippen LogP contribution in [0.1, 0.15) is 25.6 Å². The predicted molar refractivity (Wildman–Crippen MR) is 61.9 cm³/mol. The number of ether oxygens (including phenoxy) is 1. The van der Waals surface area contributed by atoms with Crippen LogP contribution in [0.25, 0.3) is 0 Å². The summed E-state index contributed by atoms with van der Waals surface area (Å²) in [6.45, 7) is 5.85. The van der Waals surface area contributed by atoms with Gasteiger partial charge >= 0.3 is 0 Å². The van der Waals surface area contributed by atoms with Crippen molar-refractivity contribution in [1.82, 2.24) is 15.3 Å². The van der Waals surface area contributed by atoms with E-state index >= 15 is 0 Å². The monoisotopic (exact) mass is 221 g/mol. The third kappa shape index (κ3) is 3.25. The molecule has 0 bridgehead atoms. The lowest BCUT2D eigenvalue weighted by molar-refractivity contribution is 0.0239. The fourth-order valence-electron chi connectivity index (χ4n) is 1.94. The van der Waals surface area contributed by atoms with Gasteiger partial charge in [-0.25, -0.2) is 9.97 Å². The Hall–Kier alpha value is -1.00. The second kappa shape index (κ2) is 5.37. The molecule has 0 aliphatic carbocycles. The van der Waals surface area contributed by atoms with Crippen molar-refractivity contribution in [1.29, 1.82) is 0 Å². The van der Waals surface area contributed by atoms with E-state index in [4.69, 9.17) is 4.74 Å². The number of rotatable bonds is 4. The van der Waals surface area contributed by atoms with Gasteiger partial charge in [0.15, 0.2) is 0 Å². The van der Waals surface area contributed by atoms with E-state index in [1.54, 1.807) is 12.4 Å². The fraction of sp³-hybridized carbons (Fsp3) is 0.667. The smallest absolute Gasteiger partial charge is 0.141 e. The maximum absolute atomic E-state index is 5.38. The number of hydrogen-bond donors (Lipinski definition) is 1. The van der Waals surface area contributed by atoms with Gasteiger partial charge in [-0.2, -0.15) is 0 Å². The molecule has 0 atom stereocenters. The highest BCUT2D eigenvalue weighted by Gasteiger charge is 2.26. The number of nitrogens with one attached hydrogen (secondary N) is 1. The molecule has 1 N–H and O–H groups in total. The summed E-state index contributed by atoms with van der Waals surface area (Å²) in [6, 6.07) is 1.84. The van der Waals surface area contributed by atoms with E-state index in [1.807, 2.05) is 6.07 Å². The number of aromatic nitrogens is 2. The van der Waals surface area contributed by atoms with Crippen molar-refractivity contribution in [3.63, 3.8) is 0 Å². The van der Waals surface area contributed by atoms with Gasteiger partial charge in [0.25, 0.3) is 0 Å². The average Bonchev–Trinajstić information content (AvgIpc) is 2.31. The average molecular weight is 221 g/mol. The molecule has 4 heteroatoms. The minimum atomic E-state index is 0.368. The standard InChI is InChI=1S/C12H19N3O/c1-12(3-7-16-8-4-12)10-13-9-11-14-5-2-6-15-11/h2,5-6,13H,3-4,7-10H2,1H3. The third-order valence-corrected chi connectivity index (χ3v) is 3.15. The van der Waals surface area contributed by atoms with Gasteiger partial charge in [-0.15, -0.1) is 0 Å². The molecule has 1 saturated heterocycles. The zero-order chi connectivity index (χ0) is 11.3. The van der Waals surface area contributed by atoms with Crippen LogP contribution in [0.3, 0.4) is 0 Å². The summed E-state index contributed by atoms with van der Waals surface area (Å²) in [7, 11) is 0. The van der Waals surface area contributed by atoms with Gasteiger partial charge in [0, 0.05) is 32.2 Å². The Balaban J connectivity index is 1.75. The second-order valence-corrected chi connectivity index (χ2v) is 4.69. The summed E-state index contributed by atoms with van der Waals surface area (Å²) in [6.07, 6.45) is 5.83. The number of hydrogen-bond acceptors (Lipinski definition) is 4. The summed E-state index contributed by atoms with van der Waals surface area (Å²) in [4.78, 5) is 8.37. The van der Waals surface area contributed by atoms with Crippen LogP contribution in [-0.2, 0) is 11.3 Å². The van der Waals surface area contributed by atoms with Crippen LogP contribution in [0.15, 0.2) is 18.5 Å². The van der Waals surface area contributed by atoms with E-state index in [1.165, 1.54) is 0 Å². The van der Waals surface area contributed by atoms with E-state index in [9.17, 15) is 0 Å². The zero-order valence-electron chi connectivity index (χ0n) is 9.78. The molecule has 0 amide bonds. The molecule has 4 nitrogen and oxygen atoms in total. The summed E-state index contributed by atoms with van der Waals surface area (Å²) in [5.41, 5.74) is 0.368. The first-order valence-corrected chi connectivity index (χ1v) is 5.83. The Morgan fingerprint density at radius 2 is 2.00 bits per heavy atom. The van der Waals surface area contributed by atoms with Gasteiger partial charge in [0.1, 0.15) is 5.82 Å². The molecular formula is C12H19N3O. The lowest BCUT2D eigenvalue weighted by Gasteiger charge is -2.33. The van der Waals surface area contributed by atoms with E-state index in [-0.39, 0.29) is 0 Å². The fourth-order valence-corrected chi connectivity index (χ4v) is 1.94. The summed E-state index contributed by atoms with van der Waals surface area (Å²) >= 11 is 0. The highest BCUT2D eigenvalue weighted by Crippen LogP contribution is 2.28. The third-order valence-electron chi connectivity index (χ3n) is 3.15. The molecule has 1 aliphatic heterocycles. The van der Waals surface area contributed by atoms with Gasteiger partial charge < -0.3 is 10.1 Å². The Bertz CT molecular complexity index is 309. The van der Waals surface area contributed by atoms with E-state index in [0.29, 0.717) is 5.41 Å². The molecule has 1 aromatic rings. The highest BCUT2D eigenvalue weighted by atomic mass is 16.5. The second-order valence-electron chi connectivity index (χ2n) is 4.69. The number of nitrogens with zero attached hydrogens (tertiary/aromatic N) is 2. The van der Waals surface area contributed by atoms with Crippen LogP contribution >= 0.6 is 0 Å². The van der Waals surface area contributed by atoms with Crippen molar-refractivity contribution in [2.24, 2.45) is 5.41 Å². The van der Waals surface area contributed by atoms with Crippen molar-refractivity contribution in [3.8, 4) is 0 Å². The zero-order valence-corrected chi connectivity index (χ0v) is 9.78. The molecule has 2 heterocycles. The van der Waals surface area contributed by atoms with Crippen molar-refractivity contribution in [2.75, 3.05) is 19.8 Å². The highest BCUT2D eigenvalue weighted by molar-refractivity contribution is 4.88. The Kier molecular flexibility index (Phi) is 3.85. The largest absolute Gasteiger partial charge is 0.381 e. The molecular weight excluding hydrogens is 202 g/mol. The van der Waals surface area contributed by atoms with Gasteiger partial charge in [0.05, 0.1) is 6.54 Å². The van der Waals surface area contributed by atoms with Crippen LogP contribution in [0.2, 0.25) is 0 Å². The molecule has 88 valence electrons. The molecule has 0 unspecified atom stereocenters. The Morgan fingerprint density at radius 1 is 1.31 bits per heavy atom. The molecule has 0 radical (unpaired) electrons. The molecule has 1 fully saturated rings. The summed E-state index contributed by atoms with van der Waals surface area (Å²) in [5, 5.41) is 3.43. The molecule has 0 aromatic carbocycles. The normalized spacial score (nSPS) is 19.6. The van der Waals surface area contributed by atoms with E-state index in [0.717, 1.165) is 45.0 Å².